The van der Waals surface area contributed by atoms with Crippen LogP contribution in [-0.4, -0.2) is 45.2 Å². The highest BCUT2D eigenvalue weighted by atomic mass is 32.2. The molecule has 15 heteroatoms. The largest absolute Gasteiger partial charge is 0.466 e. The molecule has 0 atom stereocenters. The highest BCUT2D eigenvalue weighted by Gasteiger charge is 2.50. The second kappa shape index (κ2) is 13.3. The molecule has 9 aromatic rings. The highest BCUT2D eigenvalue weighted by molar-refractivity contribution is 8.00. The van der Waals surface area contributed by atoms with Crippen molar-refractivity contribution in [3.8, 4) is 46.0 Å². The topological polar surface area (TPSA) is 78.5 Å². The third-order valence-electron chi connectivity index (χ3n) is 13.9. The summed E-state index contributed by atoms with van der Waals surface area (Å²) >= 11 is 6.80. The molecule has 0 fully saturated rings. The molecule has 0 amide bonds. The maximum Gasteiger partial charge on any atom is 0.305 e. The molecule has 8 heterocycles. The Morgan fingerprint density at radius 2 is 0.985 bits per heavy atom. The number of para-hydroxylation sites is 2. The van der Waals surface area contributed by atoms with Crippen LogP contribution in [0.2, 0.25) is 0 Å². The molecule has 65 heavy (non-hydrogen) atoms. The van der Waals surface area contributed by atoms with Gasteiger partial charge in [0.05, 0.1) is 16.5 Å². The molecular formula is C50H31B3N2O6S4. The van der Waals surface area contributed by atoms with Gasteiger partial charge in [0.25, 0.3) is 6.71 Å². The number of thioether (sulfide) groups is 3. The van der Waals surface area contributed by atoms with Crippen molar-refractivity contribution in [3.05, 3.63) is 109 Å². The van der Waals surface area contributed by atoms with Gasteiger partial charge in [0, 0.05) is 55.0 Å². The standard InChI is InChI=1S/C50H31B3N2O6S4/c1-62-23-13-33-44-40(15-23)58-47-26-9-5-7-11-36(26)60-49(47)52(44)28-19-29-34(21-32(28)54-33)55(65-4)35-14-24(63-2)16-41-45(35)51(29)30-20-31-39(22-38(30)56-41)57-42-17-25(64-3)18-43-46(42)53(31)50-48(59-43)27-10-6-8-12-37(27)61-50/h5-22,54H,1-4H3. The van der Waals surface area contributed by atoms with Gasteiger partial charge in [-0.15, -0.1) is 35.3 Å². The Balaban J connectivity index is 0.987. The van der Waals surface area contributed by atoms with Gasteiger partial charge in [-0.25, -0.2) is 0 Å². The van der Waals surface area contributed by atoms with Gasteiger partial charge >= 0.3 is 13.4 Å². The number of nitrogens with zero attached hydrogens (tertiary/aromatic N) is 1. The van der Waals surface area contributed by atoms with E-state index in [4.69, 9.17) is 27.8 Å². The molecule has 6 aliphatic rings. The molecule has 15 rings (SSSR count). The summed E-state index contributed by atoms with van der Waals surface area (Å²) in [5.74, 6) is 6.31. The summed E-state index contributed by atoms with van der Waals surface area (Å²) in [4.78, 5) is 3.32. The van der Waals surface area contributed by atoms with Crippen LogP contribution in [0.4, 0.5) is 22.7 Å². The fourth-order valence-corrected chi connectivity index (χ4v) is 13.2. The highest BCUT2D eigenvalue weighted by Crippen LogP contribution is 2.46. The molecule has 2 aromatic heterocycles. The van der Waals surface area contributed by atoms with E-state index in [-0.39, 0.29) is 20.1 Å². The van der Waals surface area contributed by atoms with Gasteiger partial charge in [0.15, 0.2) is 11.5 Å². The minimum Gasteiger partial charge on any atom is -0.466 e. The number of benzene rings is 7. The number of ether oxygens (including phenoxy) is 4. The van der Waals surface area contributed by atoms with Gasteiger partial charge in [-0.2, -0.15) is 0 Å². The minimum atomic E-state index is -0.269. The van der Waals surface area contributed by atoms with Crippen molar-refractivity contribution in [2.75, 3.05) is 34.6 Å². The summed E-state index contributed by atoms with van der Waals surface area (Å²) in [6.45, 7) is -0.658. The average molecular weight is 917 g/mol. The van der Waals surface area contributed by atoms with Crippen molar-refractivity contribution in [3.63, 3.8) is 0 Å². The quantitative estimate of drug-likeness (QED) is 0.105. The monoisotopic (exact) mass is 916 g/mol. The fourth-order valence-electron chi connectivity index (χ4n) is 11.1. The van der Waals surface area contributed by atoms with Gasteiger partial charge in [-0.1, -0.05) is 36.4 Å². The lowest BCUT2D eigenvalue weighted by Crippen LogP contribution is -2.64. The Labute approximate surface area is 391 Å². The fraction of sp³-hybridized carbons (Fsp3) is 0.0800. The van der Waals surface area contributed by atoms with E-state index in [0.29, 0.717) is 0 Å². The van der Waals surface area contributed by atoms with E-state index in [1.54, 1.807) is 47.2 Å². The number of fused-ring (bicyclic) bond motifs is 16. The van der Waals surface area contributed by atoms with Gasteiger partial charge in [0.1, 0.15) is 57.0 Å². The molecule has 0 unspecified atom stereocenters. The van der Waals surface area contributed by atoms with Crippen molar-refractivity contribution < 1.29 is 27.8 Å². The SMILES string of the molecule is CSc1cc2c3c(c1)Oc1c(oc4ccccc14)B3c1cc3c(cc1N2)N(SC)c1cc(SC)cc2c1B3c1cc3c(cc1O2)Oc1cc(SC)cc2c1B3c1oc3ccccc3c1O2. The Bertz CT molecular complexity index is 3670. The summed E-state index contributed by atoms with van der Waals surface area (Å²) in [5.41, 5.74) is 15.1. The van der Waals surface area contributed by atoms with E-state index in [1.807, 2.05) is 36.4 Å². The number of rotatable bonds is 4. The van der Waals surface area contributed by atoms with Gasteiger partial charge in [-0.05, 0) is 125 Å². The van der Waals surface area contributed by atoms with Crippen LogP contribution in [-0.2, 0) is 0 Å². The normalized spacial score (nSPS) is 14.6. The van der Waals surface area contributed by atoms with Crippen LogP contribution in [0.5, 0.6) is 46.0 Å². The van der Waals surface area contributed by atoms with Crippen LogP contribution in [0.1, 0.15) is 0 Å². The van der Waals surface area contributed by atoms with Crippen LogP contribution in [0.3, 0.4) is 0 Å². The predicted molar refractivity (Wildman–Crippen MR) is 273 cm³/mol. The molecule has 0 aliphatic carbocycles. The minimum absolute atomic E-state index is 0.182. The predicted octanol–water partition coefficient (Wildman–Crippen LogP) is 8.10. The lowest BCUT2D eigenvalue weighted by Gasteiger charge is -2.41. The van der Waals surface area contributed by atoms with Crippen LogP contribution >= 0.6 is 47.2 Å². The summed E-state index contributed by atoms with van der Waals surface area (Å²) in [6, 6.07) is 38.7. The molecule has 0 saturated heterocycles. The van der Waals surface area contributed by atoms with Crippen molar-refractivity contribution in [1.29, 1.82) is 0 Å². The van der Waals surface area contributed by atoms with Crippen LogP contribution < -0.4 is 78.1 Å². The molecule has 7 aromatic carbocycles. The number of anilines is 4. The molecule has 0 bridgehead atoms. The van der Waals surface area contributed by atoms with Crippen molar-refractivity contribution in [1.82, 2.24) is 0 Å². The van der Waals surface area contributed by atoms with E-state index >= 15 is 0 Å². The maximum atomic E-state index is 7.10. The first-order valence-corrected chi connectivity index (χ1v) is 26.2. The van der Waals surface area contributed by atoms with Crippen molar-refractivity contribution in [2.45, 2.75) is 14.7 Å². The second-order valence-corrected chi connectivity index (χ2v) is 20.4. The summed E-state index contributed by atoms with van der Waals surface area (Å²) in [7, 11) is 0. The number of furan rings is 2. The van der Waals surface area contributed by atoms with E-state index in [2.05, 4.69) is 107 Å². The van der Waals surface area contributed by atoms with E-state index < -0.39 is 0 Å². The van der Waals surface area contributed by atoms with E-state index in [9.17, 15) is 0 Å². The number of nitrogens with one attached hydrogen (secondary N) is 1. The van der Waals surface area contributed by atoms with Crippen LogP contribution in [0, 0.1) is 0 Å². The van der Waals surface area contributed by atoms with Crippen molar-refractivity contribution in [2.24, 2.45) is 0 Å². The molecule has 0 spiro atoms. The molecule has 310 valence electrons. The van der Waals surface area contributed by atoms with Crippen LogP contribution in [0.25, 0.3) is 21.9 Å². The zero-order chi connectivity index (χ0) is 43.0. The molecule has 6 aliphatic heterocycles. The second-order valence-electron chi connectivity index (χ2n) is 17.0. The lowest BCUT2D eigenvalue weighted by atomic mass is 9.30. The zero-order valence-corrected chi connectivity index (χ0v) is 38.4. The molecule has 0 radical (unpaired) electrons. The molecule has 1 N–H and O–H groups in total. The third kappa shape index (κ3) is 4.94. The molecular weight excluding hydrogens is 885 g/mol. The van der Waals surface area contributed by atoms with Crippen molar-refractivity contribution >= 4 is 162 Å². The third-order valence-corrected chi connectivity index (χ3v) is 16.8. The summed E-state index contributed by atoms with van der Waals surface area (Å²) in [6.07, 6.45) is 8.46. The lowest BCUT2D eigenvalue weighted by molar-refractivity contribution is 0.452. The first-order valence-electron chi connectivity index (χ1n) is 21.4. The zero-order valence-electron chi connectivity index (χ0n) is 35.2. The first-order chi connectivity index (χ1) is 32.0. The summed E-state index contributed by atoms with van der Waals surface area (Å²) in [5, 5.41) is 5.83. The molecule has 0 saturated carbocycles. The van der Waals surface area contributed by atoms with Gasteiger partial charge in [0.2, 0.25) is 0 Å². The van der Waals surface area contributed by atoms with E-state index in [0.717, 1.165) is 149 Å². The Morgan fingerprint density at radius 1 is 0.446 bits per heavy atom. The number of hydrogen-bond acceptors (Lipinski definition) is 12. The Kier molecular flexibility index (Phi) is 7.63. The Morgan fingerprint density at radius 3 is 1.63 bits per heavy atom. The maximum absolute atomic E-state index is 7.10. The summed E-state index contributed by atoms with van der Waals surface area (Å²) < 4.78 is 43.6. The average Bonchev–Trinajstić information content (AvgIpc) is 3.90. The van der Waals surface area contributed by atoms with Crippen LogP contribution in [0.15, 0.2) is 133 Å². The smallest absolute Gasteiger partial charge is 0.305 e. The van der Waals surface area contributed by atoms with E-state index in [1.165, 1.54) is 5.46 Å². The van der Waals surface area contributed by atoms with Gasteiger partial charge in [-0.3, -0.25) is 4.31 Å². The Hall–Kier alpha value is -5.99. The number of hydrogen-bond donors (Lipinski definition) is 1. The molecule has 8 nitrogen and oxygen atoms in total. The first kappa shape index (κ1) is 37.3. The van der Waals surface area contributed by atoms with Gasteiger partial charge < -0.3 is 33.1 Å².